The summed E-state index contributed by atoms with van der Waals surface area (Å²) in [6, 6.07) is 10.0. The van der Waals surface area contributed by atoms with E-state index in [9.17, 15) is 4.79 Å². The zero-order chi connectivity index (χ0) is 18.8. The van der Waals surface area contributed by atoms with Crippen LogP contribution in [0.4, 0.5) is 0 Å². The average molecular weight is 361 g/mol. The van der Waals surface area contributed by atoms with Gasteiger partial charge < -0.3 is 20.3 Å². The van der Waals surface area contributed by atoms with Gasteiger partial charge in [0, 0.05) is 44.9 Å². The molecule has 0 atom stereocenters. The number of aliphatic imine (C=N–C) groups is 1. The molecule has 1 amide bonds. The Hall–Kier alpha value is -2.24. The van der Waals surface area contributed by atoms with Crippen LogP contribution in [-0.4, -0.2) is 55.6 Å². The van der Waals surface area contributed by atoms with Crippen molar-refractivity contribution in [3.63, 3.8) is 0 Å². The maximum atomic E-state index is 11.6. The van der Waals surface area contributed by atoms with Crippen LogP contribution in [0.2, 0.25) is 0 Å². The predicted octanol–water partition coefficient (Wildman–Crippen LogP) is 2.27. The van der Waals surface area contributed by atoms with E-state index in [-0.39, 0.29) is 17.9 Å². The average Bonchev–Trinajstić information content (AvgIpc) is 2.65. The van der Waals surface area contributed by atoms with E-state index in [0.29, 0.717) is 13.1 Å². The largest absolute Gasteiger partial charge is 0.490 e. The Morgan fingerprint density at radius 2 is 1.92 bits per heavy atom. The van der Waals surface area contributed by atoms with Gasteiger partial charge in [-0.1, -0.05) is 32.0 Å². The molecule has 2 N–H and O–H groups in total. The number of ether oxygens (including phenoxy) is 1. The van der Waals surface area contributed by atoms with Gasteiger partial charge in [-0.05, 0) is 19.1 Å². The fourth-order valence-corrected chi connectivity index (χ4v) is 2.85. The van der Waals surface area contributed by atoms with Crippen molar-refractivity contribution in [2.75, 3.05) is 32.7 Å². The molecular formula is C20H32N4O2. The van der Waals surface area contributed by atoms with Gasteiger partial charge in [0.05, 0.1) is 6.54 Å². The molecule has 26 heavy (non-hydrogen) atoms. The van der Waals surface area contributed by atoms with Gasteiger partial charge in [0.1, 0.15) is 11.9 Å². The molecule has 0 aliphatic carbocycles. The normalized spacial score (nSPS) is 15.8. The number of guanidine groups is 1. The molecule has 1 heterocycles. The van der Waals surface area contributed by atoms with Gasteiger partial charge in [0.25, 0.3) is 0 Å². The summed E-state index contributed by atoms with van der Waals surface area (Å²) in [4.78, 5) is 18.5. The van der Waals surface area contributed by atoms with E-state index in [1.807, 2.05) is 44.2 Å². The van der Waals surface area contributed by atoms with Crippen molar-refractivity contribution in [2.24, 2.45) is 10.9 Å². The van der Waals surface area contributed by atoms with E-state index in [0.717, 1.165) is 44.2 Å². The highest BCUT2D eigenvalue weighted by molar-refractivity contribution is 5.80. The Labute approximate surface area is 157 Å². The number of piperidine rings is 1. The van der Waals surface area contributed by atoms with E-state index in [2.05, 4.69) is 27.4 Å². The van der Waals surface area contributed by atoms with Crippen molar-refractivity contribution < 1.29 is 9.53 Å². The van der Waals surface area contributed by atoms with Crippen LogP contribution in [0.3, 0.4) is 0 Å². The molecule has 0 unspecified atom stereocenters. The molecule has 1 fully saturated rings. The molecule has 1 aromatic carbocycles. The number of carbonyl (C=O) groups excluding carboxylic acids is 1. The van der Waals surface area contributed by atoms with E-state index < -0.39 is 0 Å². The van der Waals surface area contributed by atoms with Gasteiger partial charge in [0.2, 0.25) is 5.91 Å². The number of para-hydroxylation sites is 1. The summed E-state index contributed by atoms with van der Waals surface area (Å²) >= 11 is 0. The van der Waals surface area contributed by atoms with Crippen molar-refractivity contribution in [2.45, 2.75) is 39.7 Å². The lowest BCUT2D eigenvalue weighted by molar-refractivity contribution is -0.123. The second-order valence-corrected chi connectivity index (χ2v) is 6.80. The third kappa shape index (κ3) is 6.58. The molecule has 6 nitrogen and oxygen atoms in total. The predicted molar refractivity (Wildman–Crippen MR) is 105 cm³/mol. The van der Waals surface area contributed by atoms with Gasteiger partial charge in [-0.2, -0.15) is 0 Å². The Balaban J connectivity index is 1.79. The Morgan fingerprint density at radius 3 is 2.54 bits per heavy atom. The van der Waals surface area contributed by atoms with E-state index in [1.165, 1.54) is 0 Å². The summed E-state index contributed by atoms with van der Waals surface area (Å²) in [5.41, 5.74) is 0. The van der Waals surface area contributed by atoms with E-state index in [1.54, 1.807) is 0 Å². The molecule has 2 rings (SSSR count). The molecular weight excluding hydrogens is 328 g/mol. The molecule has 0 radical (unpaired) electrons. The number of amides is 1. The van der Waals surface area contributed by atoms with Crippen LogP contribution in [0, 0.1) is 5.92 Å². The summed E-state index contributed by atoms with van der Waals surface area (Å²) in [5, 5.41) is 6.25. The number of nitrogens with zero attached hydrogens (tertiary/aromatic N) is 2. The van der Waals surface area contributed by atoms with Crippen LogP contribution in [0.5, 0.6) is 5.75 Å². The lowest BCUT2D eigenvalue weighted by Crippen LogP contribution is -2.47. The lowest BCUT2D eigenvalue weighted by atomic mass is 10.1. The molecule has 0 aromatic heterocycles. The molecule has 0 spiro atoms. The minimum atomic E-state index is 0.0101. The Kier molecular flexibility index (Phi) is 8.25. The number of likely N-dealkylation sites (tertiary alicyclic amines) is 1. The van der Waals surface area contributed by atoms with Crippen molar-refractivity contribution in [1.82, 2.24) is 15.5 Å². The summed E-state index contributed by atoms with van der Waals surface area (Å²) in [6.07, 6.45) is 2.20. The molecule has 1 aromatic rings. The number of benzene rings is 1. The third-order valence-electron chi connectivity index (χ3n) is 4.32. The fourth-order valence-electron chi connectivity index (χ4n) is 2.85. The molecule has 1 aliphatic heterocycles. The smallest absolute Gasteiger partial charge is 0.222 e. The van der Waals surface area contributed by atoms with Crippen LogP contribution in [0.25, 0.3) is 0 Å². The number of hydrogen-bond donors (Lipinski definition) is 2. The number of carbonyl (C=O) groups is 1. The first kappa shape index (κ1) is 20.1. The number of hydrogen-bond acceptors (Lipinski definition) is 3. The highest BCUT2D eigenvalue weighted by Crippen LogP contribution is 2.18. The van der Waals surface area contributed by atoms with Crippen molar-refractivity contribution in [3.05, 3.63) is 30.3 Å². The summed E-state index contributed by atoms with van der Waals surface area (Å²) < 4.78 is 6.06. The van der Waals surface area contributed by atoms with Crippen LogP contribution >= 0.6 is 0 Å². The Morgan fingerprint density at radius 1 is 1.23 bits per heavy atom. The second kappa shape index (κ2) is 10.7. The minimum absolute atomic E-state index is 0.0101. The zero-order valence-electron chi connectivity index (χ0n) is 16.2. The second-order valence-electron chi connectivity index (χ2n) is 6.80. The van der Waals surface area contributed by atoms with Crippen LogP contribution in [-0.2, 0) is 4.79 Å². The van der Waals surface area contributed by atoms with Gasteiger partial charge in [0.15, 0.2) is 5.96 Å². The maximum Gasteiger partial charge on any atom is 0.222 e. The molecule has 0 bridgehead atoms. The first-order valence-electron chi connectivity index (χ1n) is 9.62. The molecule has 144 valence electrons. The molecule has 1 aliphatic rings. The van der Waals surface area contributed by atoms with Crippen LogP contribution in [0.15, 0.2) is 35.3 Å². The SMILES string of the molecule is CCNC(=NCCNC(=O)C(C)C)N1CCC(Oc2ccccc2)CC1. The maximum absolute atomic E-state index is 11.6. The number of rotatable bonds is 7. The highest BCUT2D eigenvalue weighted by atomic mass is 16.5. The lowest BCUT2D eigenvalue weighted by Gasteiger charge is -2.34. The van der Waals surface area contributed by atoms with Gasteiger partial charge in [-0.15, -0.1) is 0 Å². The van der Waals surface area contributed by atoms with Crippen molar-refractivity contribution >= 4 is 11.9 Å². The van der Waals surface area contributed by atoms with E-state index >= 15 is 0 Å². The molecule has 1 saturated heterocycles. The summed E-state index contributed by atoms with van der Waals surface area (Å²) in [7, 11) is 0. The quantitative estimate of drug-likeness (QED) is 0.445. The Bertz CT molecular complexity index is 566. The van der Waals surface area contributed by atoms with Gasteiger partial charge in [-0.25, -0.2) is 0 Å². The third-order valence-corrected chi connectivity index (χ3v) is 4.32. The fraction of sp³-hybridized carbons (Fsp3) is 0.600. The van der Waals surface area contributed by atoms with Crippen molar-refractivity contribution in [1.29, 1.82) is 0 Å². The first-order valence-corrected chi connectivity index (χ1v) is 9.62. The topological polar surface area (TPSA) is 66.0 Å². The molecule has 6 heteroatoms. The number of nitrogens with one attached hydrogen (secondary N) is 2. The van der Waals surface area contributed by atoms with Crippen LogP contribution in [0.1, 0.15) is 33.6 Å². The van der Waals surface area contributed by atoms with E-state index in [4.69, 9.17) is 4.74 Å². The highest BCUT2D eigenvalue weighted by Gasteiger charge is 2.22. The standard InChI is InChI=1S/C20H32N4O2/c1-4-21-20(23-13-12-22-19(25)16(2)3)24-14-10-18(11-15-24)26-17-8-6-5-7-9-17/h5-9,16,18H,4,10-15H2,1-3H3,(H,21,23)(H,22,25). The summed E-state index contributed by atoms with van der Waals surface area (Å²) in [6.45, 7) is 9.68. The minimum Gasteiger partial charge on any atom is -0.490 e. The van der Waals surface area contributed by atoms with Gasteiger partial charge >= 0.3 is 0 Å². The molecule has 0 saturated carbocycles. The summed E-state index contributed by atoms with van der Waals surface area (Å²) in [5.74, 6) is 1.94. The van der Waals surface area contributed by atoms with Crippen LogP contribution < -0.4 is 15.4 Å². The monoisotopic (exact) mass is 360 g/mol. The first-order chi connectivity index (χ1) is 12.6. The van der Waals surface area contributed by atoms with Crippen molar-refractivity contribution in [3.8, 4) is 5.75 Å². The zero-order valence-corrected chi connectivity index (χ0v) is 16.2. The van der Waals surface area contributed by atoms with Gasteiger partial charge in [-0.3, -0.25) is 9.79 Å².